The van der Waals surface area contributed by atoms with Crippen LogP contribution in [-0.4, -0.2) is 38.3 Å². The lowest BCUT2D eigenvalue weighted by molar-refractivity contribution is 0.161. The molecule has 1 aliphatic rings. The number of pyridine rings is 1. The van der Waals surface area contributed by atoms with Crippen LogP contribution in [0.15, 0.2) is 6.07 Å². The molecule has 1 unspecified atom stereocenters. The van der Waals surface area contributed by atoms with Crippen LogP contribution >= 0.6 is 0 Å². The summed E-state index contributed by atoms with van der Waals surface area (Å²) < 4.78 is 5.29. The summed E-state index contributed by atoms with van der Waals surface area (Å²) in [6.07, 6.45) is 1.20. The zero-order valence-electron chi connectivity index (χ0n) is 13.2. The minimum Gasteiger partial charge on any atom is -0.384 e. The quantitative estimate of drug-likeness (QED) is 0.865. The maximum Gasteiger partial charge on any atom is 0.133 e. The highest BCUT2D eigenvalue weighted by atomic mass is 16.5. The van der Waals surface area contributed by atoms with E-state index in [0.717, 1.165) is 38.5 Å². The summed E-state index contributed by atoms with van der Waals surface area (Å²) in [6.45, 7) is 11.3. The normalized spacial score (nSPS) is 18.8. The lowest BCUT2D eigenvalue weighted by Gasteiger charge is -2.23. The summed E-state index contributed by atoms with van der Waals surface area (Å²) in [5.74, 6) is 1.80. The highest BCUT2D eigenvalue weighted by Gasteiger charge is 2.25. The highest BCUT2D eigenvalue weighted by Crippen LogP contribution is 2.28. The Morgan fingerprint density at radius 1 is 1.45 bits per heavy atom. The number of hydrogen-bond donors (Lipinski definition) is 1. The Labute approximate surface area is 122 Å². The minimum atomic E-state index is 0.634. The van der Waals surface area contributed by atoms with Crippen LogP contribution in [0.5, 0.6) is 0 Å². The molecular weight excluding hydrogens is 250 g/mol. The van der Waals surface area contributed by atoms with E-state index < -0.39 is 0 Å². The van der Waals surface area contributed by atoms with Gasteiger partial charge in [0.05, 0.1) is 6.61 Å². The van der Waals surface area contributed by atoms with Gasteiger partial charge in [0.1, 0.15) is 5.82 Å². The number of aryl methyl sites for hydroxylation is 2. The summed E-state index contributed by atoms with van der Waals surface area (Å²) in [5, 5.41) is 3.43. The molecule has 1 atom stereocenters. The molecule has 0 aliphatic carbocycles. The van der Waals surface area contributed by atoms with Crippen molar-refractivity contribution in [1.82, 2.24) is 10.3 Å². The zero-order chi connectivity index (χ0) is 14.5. The molecule has 0 radical (unpaired) electrons. The van der Waals surface area contributed by atoms with E-state index in [0.29, 0.717) is 5.92 Å². The fraction of sp³-hybridized carbons (Fsp3) is 0.688. The Hall–Kier alpha value is -1.13. The molecule has 1 N–H and O–H groups in total. The van der Waals surface area contributed by atoms with Gasteiger partial charge in [-0.05, 0) is 38.4 Å². The summed E-state index contributed by atoms with van der Waals surface area (Å²) in [5.41, 5.74) is 3.78. The number of anilines is 1. The second-order valence-electron chi connectivity index (χ2n) is 5.72. The summed E-state index contributed by atoms with van der Waals surface area (Å²) in [7, 11) is 1.79. The van der Waals surface area contributed by atoms with Crippen molar-refractivity contribution >= 4 is 5.82 Å². The zero-order valence-corrected chi connectivity index (χ0v) is 13.2. The highest BCUT2D eigenvalue weighted by molar-refractivity contribution is 5.52. The van der Waals surface area contributed by atoms with Crippen LogP contribution in [0.2, 0.25) is 0 Å². The van der Waals surface area contributed by atoms with Crippen molar-refractivity contribution in [2.24, 2.45) is 5.92 Å². The van der Waals surface area contributed by atoms with Crippen molar-refractivity contribution < 1.29 is 4.74 Å². The van der Waals surface area contributed by atoms with Crippen LogP contribution in [0.25, 0.3) is 0 Å². The van der Waals surface area contributed by atoms with Gasteiger partial charge in [0, 0.05) is 43.9 Å². The standard InChI is InChI=1S/C16H27N3O/c1-5-17-9-15-12(2)8-13(3)18-16(15)19-7-6-14(10-19)11-20-4/h8,14,17H,5-7,9-11H2,1-4H3. The van der Waals surface area contributed by atoms with Crippen molar-refractivity contribution in [2.75, 3.05) is 38.3 Å². The van der Waals surface area contributed by atoms with Gasteiger partial charge in [-0.15, -0.1) is 0 Å². The molecule has 0 saturated carbocycles. The molecule has 0 amide bonds. The first-order valence-electron chi connectivity index (χ1n) is 7.57. The number of rotatable bonds is 6. The molecule has 4 nitrogen and oxygen atoms in total. The Morgan fingerprint density at radius 3 is 2.95 bits per heavy atom. The number of methoxy groups -OCH3 is 1. The number of aromatic nitrogens is 1. The third-order valence-electron chi connectivity index (χ3n) is 3.99. The van der Waals surface area contributed by atoms with Gasteiger partial charge < -0.3 is 15.0 Å². The Bertz CT molecular complexity index is 448. The van der Waals surface area contributed by atoms with E-state index in [1.54, 1.807) is 7.11 Å². The molecular formula is C16H27N3O. The molecule has 0 bridgehead atoms. The first-order valence-corrected chi connectivity index (χ1v) is 7.57. The molecule has 1 fully saturated rings. The van der Waals surface area contributed by atoms with Crippen molar-refractivity contribution in [3.05, 3.63) is 22.9 Å². The SMILES string of the molecule is CCNCc1c(C)cc(C)nc1N1CCC(COC)C1. The minimum absolute atomic E-state index is 0.634. The van der Waals surface area contributed by atoms with Gasteiger partial charge in [-0.1, -0.05) is 6.92 Å². The fourth-order valence-corrected chi connectivity index (χ4v) is 2.97. The topological polar surface area (TPSA) is 37.4 Å². The molecule has 2 heterocycles. The van der Waals surface area contributed by atoms with E-state index in [-0.39, 0.29) is 0 Å². The van der Waals surface area contributed by atoms with E-state index in [1.165, 1.54) is 23.4 Å². The number of hydrogen-bond acceptors (Lipinski definition) is 4. The van der Waals surface area contributed by atoms with Crippen molar-refractivity contribution in [3.8, 4) is 0 Å². The second kappa shape index (κ2) is 7.04. The van der Waals surface area contributed by atoms with Gasteiger partial charge in [0.15, 0.2) is 0 Å². The third-order valence-corrected chi connectivity index (χ3v) is 3.99. The van der Waals surface area contributed by atoms with E-state index in [1.807, 2.05) is 0 Å². The number of nitrogens with zero attached hydrogens (tertiary/aromatic N) is 2. The fourth-order valence-electron chi connectivity index (χ4n) is 2.97. The second-order valence-corrected chi connectivity index (χ2v) is 5.72. The van der Waals surface area contributed by atoms with Crippen LogP contribution in [0, 0.1) is 19.8 Å². The molecule has 0 spiro atoms. The molecule has 20 heavy (non-hydrogen) atoms. The van der Waals surface area contributed by atoms with Crippen LogP contribution in [-0.2, 0) is 11.3 Å². The average molecular weight is 277 g/mol. The number of nitrogens with one attached hydrogen (secondary N) is 1. The summed E-state index contributed by atoms with van der Waals surface area (Å²) in [4.78, 5) is 7.24. The van der Waals surface area contributed by atoms with Gasteiger partial charge in [-0.2, -0.15) is 0 Å². The van der Waals surface area contributed by atoms with Crippen molar-refractivity contribution in [2.45, 2.75) is 33.7 Å². The van der Waals surface area contributed by atoms with Gasteiger partial charge >= 0.3 is 0 Å². The monoisotopic (exact) mass is 277 g/mol. The van der Waals surface area contributed by atoms with E-state index in [4.69, 9.17) is 9.72 Å². The third kappa shape index (κ3) is 3.49. The Kier molecular flexibility index (Phi) is 5.38. The van der Waals surface area contributed by atoms with Gasteiger partial charge in [0.25, 0.3) is 0 Å². The van der Waals surface area contributed by atoms with Gasteiger partial charge in [-0.25, -0.2) is 4.98 Å². The van der Waals surface area contributed by atoms with Crippen LogP contribution < -0.4 is 10.2 Å². The average Bonchev–Trinajstić information content (AvgIpc) is 2.86. The van der Waals surface area contributed by atoms with Gasteiger partial charge in [-0.3, -0.25) is 0 Å². The maximum absolute atomic E-state index is 5.29. The lowest BCUT2D eigenvalue weighted by Crippen LogP contribution is -2.26. The molecule has 1 saturated heterocycles. The first-order chi connectivity index (χ1) is 9.65. The molecule has 4 heteroatoms. The Balaban J connectivity index is 2.21. The van der Waals surface area contributed by atoms with Crippen LogP contribution in [0.4, 0.5) is 5.82 Å². The molecule has 0 aromatic carbocycles. The van der Waals surface area contributed by atoms with Crippen LogP contribution in [0.1, 0.15) is 30.2 Å². The van der Waals surface area contributed by atoms with Crippen LogP contribution in [0.3, 0.4) is 0 Å². The predicted molar refractivity (Wildman–Crippen MR) is 83.3 cm³/mol. The summed E-state index contributed by atoms with van der Waals surface area (Å²) >= 11 is 0. The van der Waals surface area contributed by atoms with Crippen molar-refractivity contribution in [1.29, 1.82) is 0 Å². The first kappa shape index (κ1) is 15.3. The van der Waals surface area contributed by atoms with Crippen molar-refractivity contribution in [3.63, 3.8) is 0 Å². The molecule has 1 aromatic rings. The molecule has 112 valence electrons. The van der Waals surface area contributed by atoms with E-state index in [2.05, 4.69) is 37.1 Å². The predicted octanol–water partition coefficient (Wildman–Crippen LogP) is 2.28. The smallest absolute Gasteiger partial charge is 0.133 e. The molecule has 1 aromatic heterocycles. The van der Waals surface area contributed by atoms with E-state index >= 15 is 0 Å². The summed E-state index contributed by atoms with van der Waals surface area (Å²) in [6, 6.07) is 2.18. The van der Waals surface area contributed by atoms with E-state index in [9.17, 15) is 0 Å². The lowest BCUT2D eigenvalue weighted by atomic mass is 10.1. The number of ether oxygens (including phenoxy) is 1. The maximum atomic E-state index is 5.29. The van der Waals surface area contributed by atoms with Gasteiger partial charge in [0.2, 0.25) is 0 Å². The Morgan fingerprint density at radius 2 is 2.25 bits per heavy atom. The molecule has 2 rings (SSSR count). The molecule has 1 aliphatic heterocycles. The largest absolute Gasteiger partial charge is 0.384 e.